The Morgan fingerprint density at radius 3 is 2.72 bits per heavy atom. The zero-order valence-electron chi connectivity index (χ0n) is 16.5. The van der Waals surface area contributed by atoms with Gasteiger partial charge in [-0.3, -0.25) is 9.89 Å². The molecule has 1 fully saturated rings. The molecule has 1 N–H and O–H groups in total. The lowest BCUT2D eigenvalue weighted by Crippen LogP contribution is -2.43. The van der Waals surface area contributed by atoms with Gasteiger partial charge in [0, 0.05) is 38.0 Å². The Labute approximate surface area is 151 Å². The molecule has 1 atom stereocenters. The lowest BCUT2D eigenvalue weighted by atomic mass is 10.2. The molecule has 1 aliphatic heterocycles. The molecule has 0 aliphatic carbocycles. The maximum Gasteiger partial charge on any atom is 0.228 e. The molecule has 7 heteroatoms. The lowest BCUT2D eigenvalue weighted by molar-refractivity contribution is 0.223. The number of aliphatic imine (C=N–C) groups is 1. The van der Waals surface area contributed by atoms with Crippen LogP contribution in [0.1, 0.15) is 58.7 Å². The minimum Gasteiger partial charge on any atom is -0.357 e. The van der Waals surface area contributed by atoms with Crippen molar-refractivity contribution in [2.45, 2.75) is 59.4 Å². The molecule has 142 valence electrons. The molecule has 0 spiro atoms. The summed E-state index contributed by atoms with van der Waals surface area (Å²) in [4.78, 5) is 14.1. The van der Waals surface area contributed by atoms with E-state index in [1.807, 2.05) is 0 Å². The van der Waals surface area contributed by atoms with E-state index in [4.69, 9.17) is 9.52 Å². The standard InChI is InChI=1S/C18H34N6O/c1-6-19-18(24-12-10-15(13-24)23(7-2)8-3)20-11-9-16-21-17(14(4)5)22-25-16/h14-15H,6-13H2,1-5H3,(H,19,20). The zero-order valence-corrected chi connectivity index (χ0v) is 16.5. The lowest BCUT2D eigenvalue weighted by Gasteiger charge is -2.27. The molecule has 0 aromatic carbocycles. The smallest absolute Gasteiger partial charge is 0.228 e. The van der Waals surface area contributed by atoms with Crippen LogP contribution in [0.4, 0.5) is 0 Å². The van der Waals surface area contributed by atoms with Crippen LogP contribution in [-0.2, 0) is 6.42 Å². The number of aromatic nitrogens is 2. The van der Waals surface area contributed by atoms with Crippen LogP contribution in [0.15, 0.2) is 9.52 Å². The fraction of sp³-hybridized carbons (Fsp3) is 0.833. The SMILES string of the molecule is CCNC(=NCCc1nc(C(C)C)no1)N1CCC(N(CC)CC)C1. The van der Waals surface area contributed by atoms with Gasteiger partial charge in [0.25, 0.3) is 0 Å². The molecule has 1 aromatic heterocycles. The zero-order chi connectivity index (χ0) is 18.2. The van der Waals surface area contributed by atoms with Gasteiger partial charge >= 0.3 is 0 Å². The molecule has 0 radical (unpaired) electrons. The molecule has 0 amide bonds. The molecule has 1 aromatic rings. The number of guanidine groups is 1. The Morgan fingerprint density at radius 2 is 2.12 bits per heavy atom. The summed E-state index contributed by atoms with van der Waals surface area (Å²) in [6.45, 7) is 16.6. The van der Waals surface area contributed by atoms with E-state index in [0.717, 1.165) is 44.5 Å². The van der Waals surface area contributed by atoms with Crippen LogP contribution in [0.2, 0.25) is 0 Å². The van der Waals surface area contributed by atoms with Crippen LogP contribution in [0.25, 0.3) is 0 Å². The number of rotatable bonds is 8. The quantitative estimate of drug-likeness (QED) is 0.572. The monoisotopic (exact) mass is 350 g/mol. The number of hydrogen-bond acceptors (Lipinski definition) is 5. The summed E-state index contributed by atoms with van der Waals surface area (Å²) in [5, 5.41) is 7.43. The molecule has 1 saturated heterocycles. The highest BCUT2D eigenvalue weighted by Gasteiger charge is 2.27. The van der Waals surface area contributed by atoms with E-state index < -0.39 is 0 Å². The van der Waals surface area contributed by atoms with E-state index >= 15 is 0 Å². The minimum atomic E-state index is 0.292. The molecule has 1 aliphatic rings. The van der Waals surface area contributed by atoms with Crippen LogP contribution < -0.4 is 5.32 Å². The number of hydrogen-bond donors (Lipinski definition) is 1. The second-order valence-corrected chi connectivity index (χ2v) is 6.80. The molecule has 1 unspecified atom stereocenters. The van der Waals surface area contributed by atoms with Crippen molar-refractivity contribution in [3.05, 3.63) is 11.7 Å². The number of nitrogens with one attached hydrogen (secondary N) is 1. The average Bonchev–Trinajstić information content (AvgIpc) is 3.25. The van der Waals surface area contributed by atoms with Gasteiger partial charge in [-0.15, -0.1) is 0 Å². The van der Waals surface area contributed by atoms with Gasteiger partial charge < -0.3 is 14.7 Å². The largest absolute Gasteiger partial charge is 0.357 e. The summed E-state index contributed by atoms with van der Waals surface area (Å²) < 4.78 is 5.30. The Bertz CT molecular complexity index is 537. The molecule has 7 nitrogen and oxygen atoms in total. The summed E-state index contributed by atoms with van der Waals surface area (Å²) >= 11 is 0. The van der Waals surface area contributed by atoms with Crippen molar-refractivity contribution in [2.75, 3.05) is 39.3 Å². The highest BCUT2D eigenvalue weighted by Crippen LogP contribution is 2.15. The average molecular weight is 351 g/mol. The fourth-order valence-electron chi connectivity index (χ4n) is 3.26. The van der Waals surface area contributed by atoms with Gasteiger partial charge in [-0.1, -0.05) is 32.9 Å². The number of likely N-dealkylation sites (tertiary alicyclic amines) is 1. The van der Waals surface area contributed by atoms with E-state index in [2.05, 4.69) is 59.9 Å². The predicted molar refractivity (Wildman–Crippen MR) is 101 cm³/mol. The first-order valence-electron chi connectivity index (χ1n) is 9.68. The Kier molecular flexibility index (Phi) is 7.68. The summed E-state index contributed by atoms with van der Waals surface area (Å²) in [5.74, 6) is 2.74. The third kappa shape index (κ3) is 5.42. The van der Waals surface area contributed by atoms with Gasteiger partial charge in [0.2, 0.25) is 5.89 Å². The first-order valence-corrected chi connectivity index (χ1v) is 9.68. The van der Waals surface area contributed by atoms with E-state index in [9.17, 15) is 0 Å². The van der Waals surface area contributed by atoms with Crippen molar-refractivity contribution in [2.24, 2.45) is 4.99 Å². The highest BCUT2D eigenvalue weighted by molar-refractivity contribution is 5.80. The van der Waals surface area contributed by atoms with Crippen molar-refractivity contribution in [3.8, 4) is 0 Å². The molecular weight excluding hydrogens is 316 g/mol. The first kappa shape index (κ1) is 19.7. The topological polar surface area (TPSA) is 69.8 Å². The normalized spacial score (nSPS) is 18.6. The molecule has 2 heterocycles. The van der Waals surface area contributed by atoms with Gasteiger partial charge in [-0.25, -0.2) is 0 Å². The third-order valence-electron chi connectivity index (χ3n) is 4.71. The van der Waals surface area contributed by atoms with E-state index in [-0.39, 0.29) is 0 Å². The second-order valence-electron chi connectivity index (χ2n) is 6.80. The van der Waals surface area contributed by atoms with Crippen LogP contribution >= 0.6 is 0 Å². The summed E-state index contributed by atoms with van der Waals surface area (Å²) in [5.41, 5.74) is 0. The molecule has 0 bridgehead atoms. The number of nitrogens with zero attached hydrogens (tertiary/aromatic N) is 5. The minimum absolute atomic E-state index is 0.292. The predicted octanol–water partition coefficient (Wildman–Crippen LogP) is 2.12. The van der Waals surface area contributed by atoms with Crippen LogP contribution in [0.3, 0.4) is 0 Å². The fourth-order valence-corrected chi connectivity index (χ4v) is 3.26. The van der Waals surface area contributed by atoms with Gasteiger partial charge in [-0.05, 0) is 26.4 Å². The van der Waals surface area contributed by atoms with Crippen molar-refractivity contribution < 1.29 is 4.52 Å². The maximum atomic E-state index is 5.30. The molecule has 2 rings (SSSR count). The van der Waals surface area contributed by atoms with E-state index in [1.54, 1.807) is 0 Å². The van der Waals surface area contributed by atoms with Gasteiger partial charge in [0.15, 0.2) is 11.8 Å². The van der Waals surface area contributed by atoms with Crippen molar-refractivity contribution in [1.29, 1.82) is 0 Å². The van der Waals surface area contributed by atoms with E-state index in [0.29, 0.717) is 30.8 Å². The molecular formula is C18H34N6O. The second kappa shape index (κ2) is 9.75. The van der Waals surface area contributed by atoms with Gasteiger partial charge in [0.05, 0.1) is 6.54 Å². The summed E-state index contributed by atoms with van der Waals surface area (Å²) in [6.07, 6.45) is 1.88. The van der Waals surface area contributed by atoms with Crippen molar-refractivity contribution in [1.82, 2.24) is 25.3 Å². The van der Waals surface area contributed by atoms with Crippen LogP contribution in [0, 0.1) is 0 Å². The van der Waals surface area contributed by atoms with Crippen LogP contribution in [-0.4, -0.2) is 71.2 Å². The van der Waals surface area contributed by atoms with E-state index in [1.165, 1.54) is 6.42 Å². The summed E-state index contributed by atoms with van der Waals surface area (Å²) in [6, 6.07) is 0.628. The van der Waals surface area contributed by atoms with Crippen molar-refractivity contribution in [3.63, 3.8) is 0 Å². The Morgan fingerprint density at radius 1 is 1.36 bits per heavy atom. The van der Waals surface area contributed by atoms with Gasteiger partial charge in [-0.2, -0.15) is 4.98 Å². The Hall–Kier alpha value is -1.63. The molecule has 0 saturated carbocycles. The maximum absolute atomic E-state index is 5.30. The van der Waals surface area contributed by atoms with Crippen LogP contribution in [0.5, 0.6) is 0 Å². The highest BCUT2D eigenvalue weighted by atomic mass is 16.5. The number of likely N-dealkylation sites (N-methyl/N-ethyl adjacent to an activating group) is 1. The van der Waals surface area contributed by atoms with Gasteiger partial charge in [0.1, 0.15) is 0 Å². The first-order chi connectivity index (χ1) is 12.1. The third-order valence-corrected chi connectivity index (χ3v) is 4.71. The van der Waals surface area contributed by atoms with Crippen molar-refractivity contribution >= 4 is 5.96 Å². The molecule has 25 heavy (non-hydrogen) atoms. The Balaban J connectivity index is 1.91. The summed E-state index contributed by atoms with van der Waals surface area (Å²) in [7, 11) is 0.